The van der Waals surface area contributed by atoms with Crippen LogP contribution in [0.5, 0.6) is 0 Å². The third kappa shape index (κ3) is 3.05. The van der Waals surface area contributed by atoms with Crippen molar-refractivity contribution in [2.45, 2.75) is 38.4 Å². The molecule has 2 N–H and O–H groups in total. The van der Waals surface area contributed by atoms with E-state index in [1.807, 2.05) is 17.8 Å². The van der Waals surface area contributed by atoms with Crippen molar-refractivity contribution in [3.8, 4) is 0 Å². The molecule has 3 heterocycles. The van der Waals surface area contributed by atoms with Gasteiger partial charge in [0.25, 0.3) is 0 Å². The first kappa shape index (κ1) is 14.4. The largest absolute Gasteiger partial charge is 0.349 e. The Morgan fingerprint density at radius 3 is 2.86 bits per heavy atom. The number of anilines is 1. The molecule has 3 rings (SSSR count). The molecule has 1 saturated heterocycles. The Kier molecular flexibility index (Phi) is 3.99. The highest BCUT2D eigenvalue weighted by Crippen LogP contribution is 2.26. The van der Waals surface area contributed by atoms with Crippen LogP contribution < -0.4 is 10.6 Å². The maximum Gasteiger partial charge on any atom is 0.223 e. The average molecular weight is 304 g/mol. The van der Waals surface area contributed by atoms with Crippen LogP contribution in [0, 0.1) is 5.82 Å². The number of aryl methyl sites for hydroxylation is 1. The first-order valence-corrected chi connectivity index (χ1v) is 7.21. The van der Waals surface area contributed by atoms with E-state index in [0.717, 1.165) is 24.5 Å². The second kappa shape index (κ2) is 6.08. The summed E-state index contributed by atoms with van der Waals surface area (Å²) >= 11 is 0. The van der Waals surface area contributed by atoms with Crippen LogP contribution in [0.2, 0.25) is 0 Å². The van der Waals surface area contributed by atoms with Crippen molar-refractivity contribution in [3.63, 3.8) is 0 Å². The molecule has 0 unspecified atom stereocenters. The summed E-state index contributed by atoms with van der Waals surface area (Å²) in [7, 11) is 0. The lowest BCUT2D eigenvalue weighted by atomic mass is 9.94. The minimum atomic E-state index is -0.483. The Morgan fingerprint density at radius 1 is 1.41 bits per heavy atom. The number of carbonyl (C=O) groups is 1. The summed E-state index contributed by atoms with van der Waals surface area (Å²) in [6.07, 6.45) is 6.96. The van der Waals surface area contributed by atoms with Gasteiger partial charge in [0.2, 0.25) is 11.9 Å². The standard InChI is InChI=1S/C14H17FN6O/c1-2-21-8-9(5-18-21)13-11(3-4-12(22)20-13)19-14-16-6-10(15)7-17-14/h5-8,11,13H,2-4H2,1H3,(H,20,22)(H,16,17,19)/t11-,13+/m1/s1. The molecule has 1 fully saturated rings. The van der Waals surface area contributed by atoms with Gasteiger partial charge in [0.05, 0.1) is 30.7 Å². The molecule has 0 bridgehead atoms. The molecule has 0 spiro atoms. The molecule has 2 atom stereocenters. The molecule has 0 saturated carbocycles. The second-order valence-corrected chi connectivity index (χ2v) is 5.19. The minimum absolute atomic E-state index is 0.00678. The van der Waals surface area contributed by atoms with E-state index in [1.54, 1.807) is 6.20 Å². The Labute approximate surface area is 127 Å². The van der Waals surface area contributed by atoms with E-state index in [-0.39, 0.29) is 18.0 Å². The van der Waals surface area contributed by atoms with E-state index >= 15 is 0 Å². The number of hydrogen-bond acceptors (Lipinski definition) is 5. The zero-order valence-corrected chi connectivity index (χ0v) is 12.2. The highest BCUT2D eigenvalue weighted by molar-refractivity contribution is 5.77. The summed E-state index contributed by atoms with van der Waals surface area (Å²) in [4.78, 5) is 19.5. The van der Waals surface area contributed by atoms with Crippen molar-refractivity contribution in [2.75, 3.05) is 5.32 Å². The fraction of sp³-hybridized carbons (Fsp3) is 0.429. The van der Waals surface area contributed by atoms with E-state index in [4.69, 9.17) is 0 Å². The van der Waals surface area contributed by atoms with Crippen molar-refractivity contribution in [3.05, 3.63) is 36.2 Å². The lowest BCUT2D eigenvalue weighted by Gasteiger charge is -2.32. The quantitative estimate of drug-likeness (QED) is 0.888. The normalized spacial score (nSPS) is 21.5. The number of rotatable bonds is 4. The summed E-state index contributed by atoms with van der Waals surface area (Å²) in [5.41, 5.74) is 0.925. The Morgan fingerprint density at radius 2 is 2.18 bits per heavy atom. The van der Waals surface area contributed by atoms with Gasteiger partial charge in [-0.15, -0.1) is 0 Å². The van der Waals surface area contributed by atoms with E-state index in [1.165, 1.54) is 0 Å². The summed E-state index contributed by atoms with van der Waals surface area (Å²) in [6.45, 7) is 2.76. The number of halogens is 1. The van der Waals surface area contributed by atoms with Gasteiger partial charge in [0.1, 0.15) is 0 Å². The highest BCUT2D eigenvalue weighted by Gasteiger charge is 2.31. The maximum absolute atomic E-state index is 12.9. The Hall–Kier alpha value is -2.51. The zero-order valence-electron chi connectivity index (χ0n) is 12.2. The van der Waals surface area contributed by atoms with Gasteiger partial charge in [-0.2, -0.15) is 5.10 Å². The fourth-order valence-electron chi connectivity index (χ4n) is 2.54. The predicted octanol–water partition coefficient (Wildman–Crippen LogP) is 1.26. The number of carbonyl (C=O) groups excluding carboxylic acids is 1. The summed E-state index contributed by atoms with van der Waals surface area (Å²) in [5.74, 6) is -0.133. The predicted molar refractivity (Wildman–Crippen MR) is 77.4 cm³/mol. The van der Waals surface area contributed by atoms with Crippen molar-refractivity contribution in [1.29, 1.82) is 0 Å². The molecule has 7 nitrogen and oxygen atoms in total. The molecule has 0 aromatic carbocycles. The fourth-order valence-corrected chi connectivity index (χ4v) is 2.54. The molecule has 0 aliphatic carbocycles. The third-order valence-electron chi connectivity index (χ3n) is 3.67. The molecule has 2 aromatic rings. The van der Waals surface area contributed by atoms with Crippen LogP contribution in [0.25, 0.3) is 0 Å². The van der Waals surface area contributed by atoms with Gasteiger partial charge in [-0.1, -0.05) is 0 Å². The van der Waals surface area contributed by atoms with Crippen LogP contribution in [0.1, 0.15) is 31.4 Å². The number of piperidine rings is 1. The third-order valence-corrected chi connectivity index (χ3v) is 3.67. The monoisotopic (exact) mass is 304 g/mol. The molecule has 1 aliphatic rings. The first-order valence-electron chi connectivity index (χ1n) is 7.21. The van der Waals surface area contributed by atoms with Crippen molar-refractivity contribution < 1.29 is 9.18 Å². The number of aromatic nitrogens is 4. The number of amides is 1. The van der Waals surface area contributed by atoms with E-state index in [9.17, 15) is 9.18 Å². The van der Waals surface area contributed by atoms with Crippen LogP contribution in [-0.4, -0.2) is 31.7 Å². The molecule has 2 aromatic heterocycles. The van der Waals surface area contributed by atoms with Crippen molar-refractivity contribution >= 4 is 11.9 Å². The molecule has 116 valence electrons. The molecular formula is C14H17FN6O. The van der Waals surface area contributed by atoms with Gasteiger partial charge in [0.15, 0.2) is 5.82 Å². The molecule has 0 radical (unpaired) electrons. The van der Waals surface area contributed by atoms with Gasteiger partial charge in [0, 0.05) is 24.7 Å². The molecule has 22 heavy (non-hydrogen) atoms. The van der Waals surface area contributed by atoms with Crippen molar-refractivity contribution in [1.82, 2.24) is 25.1 Å². The number of nitrogens with one attached hydrogen (secondary N) is 2. The minimum Gasteiger partial charge on any atom is -0.349 e. The Bertz CT molecular complexity index is 656. The van der Waals surface area contributed by atoms with Crippen LogP contribution >= 0.6 is 0 Å². The first-order chi connectivity index (χ1) is 10.7. The zero-order chi connectivity index (χ0) is 15.5. The van der Waals surface area contributed by atoms with E-state index in [0.29, 0.717) is 18.8 Å². The van der Waals surface area contributed by atoms with Crippen LogP contribution in [-0.2, 0) is 11.3 Å². The molecule has 8 heteroatoms. The SMILES string of the molecule is CCn1cc([C@@H]2NC(=O)CC[C@H]2Nc2ncc(F)cn2)cn1. The molecule has 1 amide bonds. The average Bonchev–Trinajstić information content (AvgIpc) is 3.00. The van der Waals surface area contributed by atoms with Gasteiger partial charge < -0.3 is 10.6 Å². The van der Waals surface area contributed by atoms with Crippen molar-refractivity contribution in [2.24, 2.45) is 0 Å². The van der Waals surface area contributed by atoms with E-state index in [2.05, 4.69) is 25.7 Å². The number of hydrogen-bond donors (Lipinski definition) is 2. The van der Waals surface area contributed by atoms with Crippen LogP contribution in [0.15, 0.2) is 24.8 Å². The van der Waals surface area contributed by atoms with Gasteiger partial charge in [-0.05, 0) is 13.3 Å². The summed E-state index contributed by atoms with van der Waals surface area (Å²) in [6, 6.07) is -0.284. The lowest BCUT2D eigenvalue weighted by Crippen LogP contribution is -2.45. The lowest BCUT2D eigenvalue weighted by molar-refractivity contribution is -0.123. The topological polar surface area (TPSA) is 84.7 Å². The number of nitrogens with zero attached hydrogens (tertiary/aromatic N) is 4. The maximum atomic E-state index is 12.9. The van der Waals surface area contributed by atoms with Gasteiger partial charge >= 0.3 is 0 Å². The van der Waals surface area contributed by atoms with Gasteiger partial charge in [-0.25, -0.2) is 14.4 Å². The van der Waals surface area contributed by atoms with E-state index < -0.39 is 5.82 Å². The molecule has 1 aliphatic heterocycles. The van der Waals surface area contributed by atoms with Gasteiger partial charge in [-0.3, -0.25) is 9.48 Å². The second-order valence-electron chi connectivity index (χ2n) is 5.19. The van der Waals surface area contributed by atoms with Crippen LogP contribution in [0.3, 0.4) is 0 Å². The summed E-state index contributed by atoms with van der Waals surface area (Å²) in [5, 5.41) is 10.4. The van der Waals surface area contributed by atoms with Crippen LogP contribution in [0.4, 0.5) is 10.3 Å². The smallest absolute Gasteiger partial charge is 0.223 e. The summed E-state index contributed by atoms with van der Waals surface area (Å²) < 4.78 is 14.7. The Balaban J connectivity index is 1.80. The molecular weight excluding hydrogens is 287 g/mol. The highest BCUT2D eigenvalue weighted by atomic mass is 19.1.